The summed E-state index contributed by atoms with van der Waals surface area (Å²) in [7, 11) is 0. The number of likely N-dealkylation sites (N-methyl/N-ethyl adjacent to an activating group) is 1. The summed E-state index contributed by atoms with van der Waals surface area (Å²) >= 11 is 3.42. The summed E-state index contributed by atoms with van der Waals surface area (Å²) in [4.78, 5) is 2.41. The summed E-state index contributed by atoms with van der Waals surface area (Å²) in [5, 5.41) is 0.962. The largest absolute Gasteiger partial charge is 0.375 e. The summed E-state index contributed by atoms with van der Waals surface area (Å²) in [6, 6.07) is 0. The molecular weight excluding hydrogens is 194 g/mol. The Balaban J connectivity index is 2.25. The summed E-state index contributed by atoms with van der Waals surface area (Å²) in [5.41, 5.74) is 0. The zero-order chi connectivity index (χ0) is 7.40. The number of alkyl halides is 1. The lowest BCUT2D eigenvalue weighted by Crippen LogP contribution is -2.42. The van der Waals surface area contributed by atoms with E-state index in [0.717, 1.165) is 31.6 Å². The molecule has 1 saturated heterocycles. The molecule has 1 unspecified atom stereocenters. The fourth-order valence-electron chi connectivity index (χ4n) is 1.16. The SMILES string of the molecule is CCN1CCOC(CBr)C1. The van der Waals surface area contributed by atoms with Crippen molar-refractivity contribution in [1.29, 1.82) is 0 Å². The molecule has 0 N–H and O–H groups in total. The second-order valence-electron chi connectivity index (χ2n) is 2.54. The van der Waals surface area contributed by atoms with E-state index in [0.29, 0.717) is 6.10 Å². The van der Waals surface area contributed by atoms with Crippen LogP contribution in [0.2, 0.25) is 0 Å². The van der Waals surface area contributed by atoms with E-state index in [1.54, 1.807) is 0 Å². The minimum absolute atomic E-state index is 0.411. The molecule has 1 heterocycles. The van der Waals surface area contributed by atoms with E-state index < -0.39 is 0 Å². The van der Waals surface area contributed by atoms with Gasteiger partial charge in [0.2, 0.25) is 0 Å². The van der Waals surface area contributed by atoms with Gasteiger partial charge in [-0.15, -0.1) is 0 Å². The van der Waals surface area contributed by atoms with Gasteiger partial charge in [0.05, 0.1) is 12.7 Å². The van der Waals surface area contributed by atoms with Crippen molar-refractivity contribution in [2.24, 2.45) is 0 Å². The van der Waals surface area contributed by atoms with E-state index in [-0.39, 0.29) is 0 Å². The van der Waals surface area contributed by atoms with E-state index in [4.69, 9.17) is 4.74 Å². The first-order chi connectivity index (χ1) is 4.86. The van der Waals surface area contributed by atoms with Gasteiger partial charge in [-0.3, -0.25) is 4.90 Å². The molecule has 3 heteroatoms. The van der Waals surface area contributed by atoms with Crippen molar-refractivity contribution in [3.05, 3.63) is 0 Å². The van der Waals surface area contributed by atoms with Crippen molar-refractivity contribution in [2.45, 2.75) is 13.0 Å². The van der Waals surface area contributed by atoms with Gasteiger partial charge >= 0.3 is 0 Å². The topological polar surface area (TPSA) is 12.5 Å². The summed E-state index contributed by atoms with van der Waals surface area (Å²) < 4.78 is 5.47. The average molecular weight is 208 g/mol. The van der Waals surface area contributed by atoms with Gasteiger partial charge in [0.1, 0.15) is 0 Å². The lowest BCUT2D eigenvalue weighted by atomic mass is 10.3. The molecular formula is C7H14BrNO. The van der Waals surface area contributed by atoms with Gasteiger partial charge in [-0.1, -0.05) is 22.9 Å². The Kier molecular flexibility index (Phi) is 3.66. The van der Waals surface area contributed by atoms with Gasteiger partial charge in [0.15, 0.2) is 0 Å². The molecule has 0 aliphatic carbocycles. The van der Waals surface area contributed by atoms with Gasteiger partial charge in [-0.05, 0) is 6.54 Å². The fourth-order valence-corrected chi connectivity index (χ4v) is 1.55. The van der Waals surface area contributed by atoms with Crippen molar-refractivity contribution >= 4 is 15.9 Å². The predicted molar refractivity (Wildman–Crippen MR) is 45.6 cm³/mol. The zero-order valence-electron chi connectivity index (χ0n) is 6.35. The Morgan fingerprint density at radius 3 is 3.10 bits per heavy atom. The van der Waals surface area contributed by atoms with Gasteiger partial charge in [-0.25, -0.2) is 0 Å². The molecule has 0 aromatic heterocycles. The molecule has 1 fully saturated rings. The highest BCUT2D eigenvalue weighted by molar-refractivity contribution is 9.09. The molecule has 0 spiro atoms. The van der Waals surface area contributed by atoms with Crippen LogP contribution < -0.4 is 0 Å². The van der Waals surface area contributed by atoms with Crippen LogP contribution in [0.4, 0.5) is 0 Å². The lowest BCUT2D eigenvalue weighted by molar-refractivity contribution is -0.0131. The van der Waals surface area contributed by atoms with Gasteiger partial charge in [0, 0.05) is 18.4 Å². The number of nitrogens with zero attached hydrogens (tertiary/aromatic N) is 1. The highest BCUT2D eigenvalue weighted by atomic mass is 79.9. The molecule has 0 aromatic carbocycles. The highest BCUT2D eigenvalue weighted by Gasteiger charge is 2.17. The van der Waals surface area contributed by atoms with Gasteiger partial charge < -0.3 is 4.74 Å². The number of hydrogen-bond donors (Lipinski definition) is 0. The molecule has 1 aliphatic heterocycles. The van der Waals surface area contributed by atoms with Crippen molar-refractivity contribution in [1.82, 2.24) is 4.90 Å². The second kappa shape index (κ2) is 4.31. The van der Waals surface area contributed by atoms with Crippen LogP contribution in [0.15, 0.2) is 0 Å². The Hall–Kier alpha value is 0.400. The van der Waals surface area contributed by atoms with Crippen LogP contribution in [0.5, 0.6) is 0 Å². The molecule has 10 heavy (non-hydrogen) atoms. The first-order valence-corrected chi connectivity index (χ1v) is 4.89. The summed E-state index contributed by atoms with van der Waals surface area (Å²) in [6.45, 7) is 6.41. The Labute approximate surface area is 70.7 Å². The van der Waals surface area contributed by atoms with Crippen molar-refractivity contribution in [2.75, 3.05) is 31.6 Å². The molecule has 0 bridgehead atoms. The van der Waals surface area contributed by atoms with E-state index in [1.165, 1.54) is 0 Å². The zero-order valence-corrected chi connectivity index (χ0v) is 7.93. The van der Waals surface area contributed by atoms with Crippen LogP contribution in [0, 0.1) is 0 Å². The van der Waals surface area contributed by atoms with Gasteiger partial charge in [-0.2, -0.15) is 0 Å². The lowest BCUT2D eigenvalue weighted by Gasteiger charge is -2.30. The van der Waals surface area contributed by atoms with Crippen LogP contribution in [-0.4, -0.2) is 42.6 Å². The smallest absolute Gasteiger partial charge is 0.0799 e. The van der Waals surface area contributed by atoms with Crippen molar-refractivity contribution in [3.8, 4) is 0 Å². The Morgan fingerprint density at radius 1 is 1.70 bits per heavy atom. The normalized spacial score (nSPS) is 28.8. The molecule has 0 saturated carbocycles. The molecule has 0 radical (unpaired) electrons. The third-order valence-electron chi connectivity index (χ3n) is 1.84. The molecule has 1 atom stereocenters. The number of rotatable bonds is 2. The average Bonchev–Trinajstić information content (AvgIpc) is 2.05. The van der Waals surface area contributed by atoms with Crippen LogP contribution in [0.25, 0.3) is 0 Å². The van der Waals surface area contributed by atoms with Crippen LogP contribution >= 0.6 is 15.9 Å². The maximum Gasteiger partial charge on any atom is 0.0799 e. The number of halogens is 1. The quantitative estimate of drug-likeness (QED) is 0.630. The fraction of sp³-hybridized carbons (Fsp3) is 1.00. The monoisotopic (exact) mass is 207 g/mol. The standard InChI is InChI=1S/C7H14BrNO/c1-2-9-3-4-10-7(5-8)6-9/h7H,2-6H2,1H3. The first-order valence-electron chi connectivity index (χ1n) is 3.76. The highest BCUT2D eigenvalue weighted by Crippen LogP contribution is 2.06. The first kappa shape index (κ1) is 8.50. The third kappa shape index (κ3) is 2.22. The molecule has 0 aromatic rings. The minimum Gasteiger partial charge on any atom is -0.375 e. The molecule has 1 rings (SSSR count). The Morgan fingerprint density at radius 2 is 2.50 bits per heavy atom. The van der Waals surface area contributed by atoms with E-state index >= 15 is 0 Å². The van der Waals surface area contributed by atoms with Gasteiger partial charge in [0.25, 0.3) is 0 Å². The predicted octanol–water partition coefficient (Wildman–Crippen LogP) is 1.10. The maximum atomic E-state index is 5.47. The van der Waals surface area contributed by atoms with E-state index in [9.17, 15) is 0 Å². The molecule has 60 valence electrons. The second-order valence-corrected chi connectivity index (χ2v) is 3.19. The number of morpholine rings is 1. The number of ether oxygens (including phenoxy) is 1. The van der Waals surface area contributed by atoms with Crippen LogP contribution in [-0.2, 0) is 4.74 Å². The maximum absolute atomic E-state index is 5.47. The summed E-state index contributed by atoms with van der Waals surface area (Å²) in [5.74, 6) is 0. The van der Waals surface area contributed by atoms with E-state index in [1.807, 2.05) is 0 Å². The summed E-state index contributed by atoms with van der Waals surface area (Å²) in [6.07, 6.45) is 0.411. The minimum atomic E-state index is 0.411. The van der Waals surface area contributed by atoms with Crippen molar-refractivity contribution in [3.63, 3.8) is 0 Å². The van der Waals surface area contributed by atoms with Crippen LogP contribution in [0.3, 0.4) is 0 Å². The Bertz CT molecular complexity index is 89.6. The third-order valence-corrected chi connectivity index (χ3v) is 2.56. The van der Waals surface area contributed by atoms with Crippen molar-refractivity contribution < 1.29 is 4.74 Å². The molecule has 0 amide bonds. The molecule has 1 aliphatic rings. The van der Waals surface area contributed by atoms with Crippen LogP contribution in [0.1, 0.15) is 6.92 Å². The van der Waals surface area contributed by atoms with E-state index in [2.05, 4.69) is 27.8 Å². The number of hydrogen-bond acceptors (Lipinski definition) is 2. The molecule has 2 nitrogen and oxygen atoms in total.